The molecule has 0 aliphatic carbocycles. The van der Waals surface area contributed by atoms with Gasteiger partial charge in [-0.3, -0.25) is 0 Å². The minimum atomic E-state index is 0.784. The van der Waals surface area contributed by atoms with Gasteiger partial charge in [-0.2, -0.15) is 5.26 Å². The first kappa shape index (κ1) is 22.8. The average Bonchev–Trinajstić information content (AvgIpc) is 3.37. The molecule has 0 spiro atoms. The van der Waals surface area contributed by atoms with Gasteiger partial charge in [-0.05, 0) is 96.6 Å². The summed E-state index contributed by atoms with van der Waals surface area (Å²) in [6.45, 7) is 0. The molecule has 5 heteroatoms. The monoisotopic (exact) mass is 472 g/mol. The van der Waals surface area contributed by atoms with Gasteiger partial charge in [-0.1, -0.05) is 12.1 Å². The molecule has 0 fully saturated rings. The van der Waals surface area contributed by atoms with E-state index in [4.69, 9.17) is 19.2 Å². The Balaban J connectivity index is 1.50. The molecule has 0 atom stereocenters. The molecular formula is C31H24N2O3. The summed E-state index contributed by atoms with van der Waals surface area (Å²) in [7, 11) is 3.33. The summed E-state index contributed by atoms with van der Waals surface area (Å²) in [5.41, 5.74) is 5.72. The second-order valence-corrected chi connectivity index (χ2v) is 8.15. The number of benzene rings is 4. The van der Waals surface area contributed by atoms with Crippen molar-refractivity contribution in [3.8, 4) is 28.9 Å². The zero-order valence-corrected chi connectivity index (χ0v) is 20.0. The topological polar surface area (TPSA) is 58.6 Å². The number of ether oxygens (including phenoxy) is 2. The van der Waals surface area contributed by atoms with Gasteiger partial charge in [0.1, 0.15) is 22.8 Å². The van der Waals surface area contributed by atoms with Crippen LogP contribution in [0.15, 0.2) is 108 Å². The molecule has 0 radical (unpaired) electrons. The number of nitrogens with zero attached hydrogens (tertiary/aromatic N) is 2. The highest BCUT2D eigenvalue weighted by atomic mass is 16.5. The molecule has 0 saturated heterocycles. The summed E-state index contributed by atoms with van der Waals surface area (Å²) in [6.07, 6.45) is 3.23. The van der Waals surface area contributed by atoms with Gasteiger partial charge in [0.2, 0.25) is 0 Å². The second-order valence-electron chi connectivity index (χ2n) is 8.15. The first-order valence-electron chi connectivity index (χ1n) is 11.5. The van der Waals surface area contributed by atoms with Crippen molar-refractivity contribution < 1.29 is 13.9 Å². The number of hydrogen-bond donors (Lipinski definition) is 0. The summed E-state index contributed by atoms with van der Waals surface area (Å²) in [6, 6.07) is 34.2. The Morgan fingerprint density at radius 1 is 0.722 bits per heavy atom. The number of allylic oxidation sites excluding steroid dienone is 1. The van der Waals surface area contributed by atoms with Crippen molar-refractivity contribution in [3.05, 3.63) is 109 Å². The predicted molar refractivity (Wildman–Crippen MR) is 144 cm³/mol. The fourth-order valence-corrected chi connectivity index (χ4v) is 4.11. The third-order valence-corrected chi connectivity index (χ3v) is 5.97. The van der Waals surface area contributed by atoms with Crippen molar-refractivity contribution in [2.75, 3.05) is 19.1 Å². The van der Waals surface area contributed by atoms with Crippen LogP contribution in [0.1, 0.15) is 5.56 Å². The SMILES string of the molecule is COc1ccc(N(c2ccc(OC)cc2)c2ccc(-c3cc4ccc(C=CC#N)cc4o3)cc2)cc1. The summed E-state index contributed by atoms with van der Waals surface area (Å²) in [4.78, 5) is 2.18. The van der Waals surface area contributed by atoms with Crippen LogP contribution in [-0.4, -0.2) is 14.2 Å². The van der Waals surface area contributed by atoms with Crippen LogP contribution in [0.3, 0.4) is 0 Å². The molecule has 0 aliphatic heterocycles. The van der Waals surface area contributed by atoms with Gasteiger partial charge in [-0.25, -0.2) is 0 Å². The first-order chi connectivity index (χ1) is 17.7. The quantitative estimate of drug-likeness (QED) is 0.224. The van der Waals surface area contributed by atoms with Gasteiger partial charge in [0, 0.05) is 34.1 Å². The zero-order valence-electron chi connectivity index (χ0n) is 20.0. The van der Waals surface area contributed by atoms with Crippen LogP contribution in [0.4, 0.5) is 17.1 Å². The van der Waals surface area contributed by atoms with Crippen LogP contribution in [0.2, 0.25) is 0 Å². The second kappa shape index (κ2) is 10.1. The Bertz CT molecular complexity index is 1490. The molecule has 0 amide bonds. The van der Waals surface area contributed by atoms with Crippen molar-refractivity contribution in [3.63, 3.8) is 0 Å². The molecule has 4 aromatic carbocycles. The van der Waals surface area contributed by atoms with E-state index in [2.05, 4.69) is 29.2 Å². The van der Waals surface area contributed by atoms with E-state index in [0.29, 0.717) is 0 Å². The van der Waals surface area contributed by atoms with Gasteiger partial charge in [-0.15, -0.1) is 0 Å². The van der Waals surface area contributed by atoms with E-state index in [1.807, 2.05) is 78.9 Å². The van der Waals surface area contributed by atoms with Crippen molar-refractivity contribution in [2.24, 2.45) is 0 Å². The van der Waals surface area contributed by atoms with E-state index in [0.717, 1.165) is 56.4 Å². The number of furan rings is 1. The highest BCUT2D eigenvalue weighted by Crippen LogP contribution is 2.37. The Morgan fingerprint density at radius 3 is 1.81 bits per heavy atom. The Hall–Kier alpha value is -4.95. The molecule has 176 valence electrons. The van der Waals surface area contributed by atoms with Crippen LogP contribution in [0.25, 0.3) is 28.4 Å². The molecule has 0 saturated carbocycles. The molecule has 0 unspecified atom stereocenters. The molecule has 5 aromatic rings. The summed E-state index contributed by atoms with van der Waals surface area (Å²) >= 11 is 0. The minimum Gasteiger partial charge on any atom is -0.497 e. The number of fused-ring (bicyclic) bond motifs is 1. The number of nitriles is 1. The lowest BCUT2D eigenvalue weighted by atomic mass is 10.1. The Labute approximate surface area is 210 Å². The number of rotatable bonds is 7. The summed E-state index contributed by atoms with van der Waals surface area (Å²) in [5.74, 6) is 2.40. The van der Waals surface area contributed by atoms with E-state index in [-0.39, 0.29) is 0 Å². The molecule has 0 bridgehead atoms. The third kappa shape index (κ3) is 4.66. The summed E-state index contributed by atoms with van der Waals surface area (Å²) in [5, 5.41) is 9.79. The van der Waals surface area contributed by atoms with Crippen molar-refractivity contribution in [1.29, 1.82) is 5.26 Å². The van der Waals surface area contributed by atoms with Crippen molar-refractivity contribution in [1.82, 2.24) is 0 Å². The standard InChI is InChI=1S/C31H24N2O3/c1-34-28-15-11-26(12-16-28)33(27-13-17-29(35-2)18-14-27)25-9-7-23(8-10-25)31-21-24-6-5-22(4-3-19-32)20-30(24)36-31/h3-18,20-21H,1-2H3. The highest BCUT2D eigenvalue weighted by molar-refractivity contribution is 5.85. The molecule has 5 rings (SSSR count). The fourth-order valence-electron chi connectivity index (χ4n) is 4.11. The number of hydrogen-bond acceptors (Lipinski definition) is 5. The van der Waals surface area contributed by atoms with Crippen molar-refractivity contribution in [2.45, 2.75) is 0 Å². The predicted octanol–water partition coefficient (Wildman–Crippen LogP) is 8.12. The normalized spacial score (nSPS) is 10.9. The zero-order chi connectivity index (χ0) is 24.9. The smallest absolute Gasteiger partial charge is 0.135 e. The number of anilines is 3. The van der Waals surface area contributed by atoms with Gasteiger partial charge < -0.3 is 18.8 Å². The maximum atomic E-state index is 8.77. The number of methoxy groups -OCH3 is 2. The van der Waals surface area contributed by atoms with Crippen LogP contribution < -0.4 is 14.4 Å². The Kier molecular flexibility index (Phi) is 6.42. The molecule has 5 nitrogen and oxygen atoms in total. The molecule has 1 aromatic heterocycles. The van der Waals surface area contributed by atoms with Gasteiger partial charge >= 0.3 is 0 Å². The van der Waals surface area contributed by atoms with E-state index < -0.39 is 0 Å². The fraction of sp³-hybridized carbons (Fsp3) is 0.0645. The third-order valence-electron chi connectivity index (χ3n) is 5.97. The lowest BCUT2D eigenvalue weighted by Crippen LogP contribution is -2.09. The molecule has 36 heavy (non-hydrogen) atoms. The molecule has 0 aliphatic rings. The van der Waals surface area contributed by atoms with Crippen LogP contribution in [-0.2, 0) is 0 Å². The highest BCUT2D eigenvalue weighted by Gasteiger charge is 2.14. The van der Waals surface area contributed by atoms with E-state index >= 15 is 0 Å². The maximum Gasteiger partial charge on any atom is 0.135 e. The molecule has 1 heterocycles. The molecular weight excluding hydrogens is 448 g/mol. The lowest BCUT2D eigenvalue weighted by Gasteiger charge is -2.26. The van der Waals surface area contributed by atoms with Crippen LogP contribution in [0.5, 0.6) is 11.5 Å². The van der Waals surface area contributed by atoms with Gasteiger partial charge in [0.05, 0.1) is 20.3 Å². The van der Waals surface area contributed by atoms with E-state index in [1.54, 1.807) is 20.3 Å². The van der Waals surface area contributed by atoms with Gasteiger partial charge in [0.25, 0.3) is 0 Å². The summed E-state index contributed by atoms with van der Waals surface area (Å²) < 4.78 is 16.8. The van der Waals surface area contributed by atoms with Crippen molar-refractivity contribution >= 4 is 34.1 Å². The van der Waals surface area contributed by atoms with Gasteiger partial charge in [0.15, 0.2) is 0 Å². The largest absolute Gasteiger partial charge is 0.497 e. The first-order valence-corrected chi connectivity index (χ1v) is 11.5. The lowest BCUT2D eigenvalue weighted by molar-refractivity contribution is 0.415. The molecule has 0 N–H and O–H groups in total. The van der Waals surface area contributed by atoms with E-state index in [1.165, 1.54) is 6.08 Å². The Morgan fingerprint density at radius 2 is 1.28 bits per heavy atom. The van der Waals surface area contributed by atoms with Crippen LogP contribution >= 0.6 is 0 Å². The maximum absolute atomic E-state index is 8.77. The average molecular weight is 473 g/mol. The van der Waals surface area contributed by atoms with E-state index in [9.17, 15) is 0 Å². The van der Waals surface area contributed by atoms with Crippen LogP contribution in [0, 0.1) is 11.3 Å². The minimum absolute atomic E-state index is 0.784.